The van der Waals surface area contributed by atoms with E-state index in [4.69, 9.17) is 0 Å². The minimum Gasteiger partial charge on any atom is -0.283 e. The Morgan fingerprint density at radius 3 is 2.65 bits per heavy atom. The van der Waals surface area contributed by atoms with Crippen LogP contribution < -0.4 is 5.43 Å². The summed E-state index contributed by atoms with van der Waals surface area (Å²) in [6.45, 7) is 8.73. The maximum absolute atomic E-state index is 12.3. The molecule has 0 radical (unpaired) electrons. The van der Waals surface area contributed by atoms with E-state index >= 15 is 0 Å². The summed E-state index contributed by atoms with van der Waals surface area (Å²) < 4.78 is 1.90. The standard InChI is InChI=1S/C18H24N4O/c1-13-6-7-14(2)16(10-13)12-22-15(3)11-17(19-22)18(23)20-21-8-4-5-9-21/h6-7,10-11H,4-5,8-9,12H2,1-3H3,(H,20,23). The largest absolute Gasteiger partial charge is 0.286 e. The molecule has 1 saturated heterocycles. The summed E-state index contributed by atoms with van der Waals surface area (Å²) in [6.07, 6.45) is 2.28. The maximum atomic E-state index is 12.3. The lowest BCUT2D eigenvalue weighted by Crippen LogP contribution is -2.40. The SMILES string of the molecule is Cc1ccc(C)c(Cn2nc(C(=O)NN3CCCC3)cc2C)c1. The lowest BCUT2D eigenvalue weighted by atomic mass is 10.1. The van der Waals surface area contributed by atoms with Gasteiger partial charge in [-0.25, -0.2) is 5.01 Å². The van der Waals surface area contributed by atoms with Crippen molar-refractivity contribution in [2.45, 2.75) is 40.2 Å². The molecular formula is C18H24N4O. The van der Waals surface area contributed by atoms with Crippen LogP contribution in [0.15, 0.2) is 24.3 Å². The molecule has 5 nitrogen and oxygen atoms in total. The molecule has 23 heavy (non-hydrogen) atoms. The number of carbonyl (C=O) groups is 1. The molecule has 1 N–H and O–H groups in total. The fraction of sp³-hybridized carbons (Fsp3) is 0.444. The van der Waals surface area contributed by atoms with Gasteiger partial charge in [0.15, 0.2) is 5.69 Å². The van der Waals surface area contributed by atoms with Gasteiger partial charge >= 0.3 is 0 Å². The molecule has 1 aromatic heterocycles. The highest BCUT2D eigenvalue weighted by molar-refractivity contribution is 5.92. The highest BCUT2D eigenvalue weighted by atomic mass is 16.2. The molecule has 0 bridgehead atoms. The van der Waals surface area contributed by atoms with E-state index in [1.54, 1.807) is 0 Å². The Balaban J connectivity index is 1.75. The fourth-order valence-electron chi connectivity index (χ4n) is 2.94. The first-order chi connectivity index (χ1) is 11.0. The number of hydrazine groups is 1. The van der Waals surface area contributed by atoms with Gasteiger partial charge < -0.3 is 0 Å². The van der Waals surface area contributed by atoms with Crippen molar-refractivity contribution in [3.8, 4) is 0 Å². The van der Waals surface area contributed by atoms with Gasteiger partial charge in [-0.2, -0.15) is 5.10 Å². The van der Waals surface area contributed by atoms with Crippen molar-refractivity contribution in [2.24, 2.45) is 0 Å². The summed E-state index contributed by atoms with van der Waals surface area (Å²) in [6, 6.07) is 8.28. The third-order valence-electron chi connectivity index (χ3n) is 4.40. The second kappa shape index (κ2) is 6.54. The third-order valence-corrected chi connectivity index (χ3v) is 4.40. The van der Waals surface area contributed by atoms with Crippen molar-refractivity contribution >= 4 is 5.91 Å². The topological polar surface area (TPSA) is 50.2 Å². The molecule has 0 atom stereocenters. The summed E-state index contributed by atoms with van der Waals surface area (Å²) >= 11 is 0. The molecular weight excluding hydrogens is 288 g/mol. The molecule has 1 amide bonds. The van der Waals surface area contributed by atoms with Crippen LogP contribution in [0.2, 0.25) is 0 Å². The predicted octanol–water partition coefficient (Wildman–Crippen LogP) is 2.60. The van der Waals surface area contributed by atoms with Crippen LogP contribution in [0, 0.1) is 20.8 Å². The number of carbonyl (C=O) groups excluding carboxylic acids is 1. The van der Waals surface area contributed by atoms with E-state index in [-0.39, 0.29) is 5.91 Å². The second-order valence-electron chi connectivity index (χ2n) is 6.39. The number of hydrogen-bond donors (Lipinski definition) is 1. The molecule has 1 aliphatic heterocycles. The number of aryl methyl sites for hydroxylation is 3. The maximum Gasteiger partial charge on any atom is 0.286 e. The first-order valence-electron chi connectivity index (χ1n) is 8.19. The van der Waals surface area contributed by atoms with E-state index < -0.39 is 0 Å². The number of amides is 1. The number of hydrogen-bond acceptors (Lipinski definition) is 3. The molecule has 122 valence electrons. The van der Waals surface area contributed by atoms with Gasteiger partial charge in [-0.3, -0.25) is 14.9 Å². The minimum absolute atomic E-state index is 0.116. The number of nitrogens with zero attached hydrogens (tertiary/aromatic N) is 3. The molecule has 0 aliphatic carbocycles. The van der Waals surface area contributed by atoms with Gasteiger partial charge in [0.05, 0.1) is 6.54 Å². The van der Waals surface area contributed by atoms with Gasteiger partial charge in [-0.15, -0.1) is 0 Å². The van der Waals surface area contributed by atoms with E-state index in [1.807, 2.05) is 22.7 Å². The van der Waals surface area contributed by atoms with Crippen LogP contribution in [0.25, 0.3) is 0 Å². The first-order valence-corrected chi connectivity index (χ1v) is 8.19. The first kappa shape index (κ1) is 15.7. The van der Waals surface area contributed by atoms with E-state index in [1.165, 1.54) is 16.7 Å². The van der Waals surface area contributed by atoms with Crippen molar-refractivity contribution < 1.29 is 4.79 Å². The van der Waals surface area contributed by atoms with Crippen molar-refractivity contribution in [1.82, 2.24) is 20.2 Å². The van der Waals surface area contributed by atoms with E-state index in [0.717, 1.165) is 31.6 Å². The zero-order valence-electron chi connectivity index (χ0n) is 14.1. The Labute approximate surface area is 137 Å². The van der Waals surface area contributed by atoms with E-state index in [2.05, 4.69) is 42.6 Å². The van der Waals surface area contributed by atoms with Gasteiger partial charge in [0.1, 0.15) is 0 Å². The summed E-state index contributed by atoms with van der Waals surface area (Å²) in [5.41, 5.74) is 8.14. The van der Waals surface area contributed by atoms with E-state index in [0.29, 0.717) is 12.2 Å². The zero-order valence-corrected chi connectivity index (χ0v) is 14.1. The summed E-state index contributed by atoms with van der Waals surface area (Å²) in [4.78, 5) is 12.3. The Kier molecular flexibility index (Phi) is 4.48. The van der Waals surface area contributed by atoms with Crippen LogP contribution in [0.1, 0.15) is 45.7 Å². The Morgan fingerprint density at radius 2 is 1.91 bits per heavy atom. The Morgan fingerprint density at radius 1 is 1.17 bits per heavy atom. The Bertz CT molecular complexity index is 714. The fourth-order valence-corrected chi connectivity index (χ4v) is 2.94. The summed E-state index contributed by atoms with van der Waals surface area (Å²) in [5, 5.41) is 6.47. The zero-order chi connectivity index (χ0) is 16.4. The van der Waals surface area contributed by atoms with Gasteiger partial charge in [0.2, 0.25) is 0 Å². The predicted molar refractivity (Wildman–Crippen MR) is 90.3 cm³/mol. The third kappa shape index (κ3) is 3.62. The number of rotatable bonds is 4. The van der Waals surface area contributed by atoms with Crippen LogP contribution in [0.4, 0.5) is 0 Å². The van der Waals surface area contributed by atoms with Crippen molar-refractivity contribution in [3.05, 3.63) is 52.3 Å². The van der Waals surface area contributed by atoms with E-state index in [9.17, 15) is 4.79 Å². The molecule has 1 aliphatic rings. The highest BCUT2D eigenvalue weighted by Gasteiger charge is 2.18. The number of benzene rings is 1. The normalized spacial score (nSPS) is 15.1. The molecule has 0 unspecified atom stereocenters. The van der Waals surface area contributed by atoms with Crippen molar-refractivity contribution in [1.29, 1.82) is 0 Å². The molecule has 0 saturated carbocycles. The highest BCUT2D eigenvalue weighted by Crippen LogP contribution is 2.14. The van der Waals surface area contributed by atoms with Gasteiger partial charge in [0.25, 0.3) is 5.91 Å². The molecule has 2 heterocycles. The summed E-state index contributed by atoms with van der Waals surface area (Å²) in [5.74, 6) is -0.116. The van der Waals surface area contributed by atoms with Crippen molar-refractivity contribution in [2.75, 3.05) is 13.1 Å². The summed E-state index contributed by atoms with van der Waals surface area (Å²) in [7, 11) is 0. The van der Waals surface area contributed by atoms with Gasteiger partial charge in [0, 0.05) is 18.8 Å². The number of aromatic nitrogens is 2. The lowest BCUT2D eigenvalue weighted by molar-refractivity contribution is 0.0819. The van der Waals surface area contributed by atoms with Crippen LogP contribution in [0.5, 0.6) is 0 Å². The van der Waals surface area contributed by atoms with Crippen LogP contribution in [0.3, 0.4) is 0 Å². The minimum atomic E-state index is -0.116. The Hall–Kier alpha value is -2.14. The molecule has 3 rings (SSSR count). The number of nitrogens with one attached hydrogen (secondary N) is 1. The smallest absolute Gasteiger partial charge is 0.283 e. The van der Waals surface area contributed by atoms with Crippen LogP contribution in [-0.2, 0) is 6.54 Å². The average molecular weight is 312 g/mol. The van der Waals surface area contributed by atoms with Crippen molar-refractivity contribution in [3.63, 3.8) is 0 Å². The molecule has 5 heteroatoms. The molecule has 0 spiro atoms. The monoisotopic (exact) mass is 312 g/mol. The second-order valence-corrected chi connectivity index (χ2v) is 6.39. The van der Waals surface area contributed by atoms with Crippen LogP contribution in [-0.4, -0.2) is 33.8 Å². The molecule has 2 aromatic rings. The average Bonchev–Trinajstić information content (AvgIpc) is 3.13. The van der Waals surface area contributed by atoms with Gasteiger partial charge in [-0.1, -0.05) is 23.8 Å². The van der Waals surface area contributed by atoms with Gasteiger partial charge in [-0.05, 0) is 50.8 Å². The lowest BCUT2D eigenvalue weighted by Gasteiger charge is -2.14. The molecule has 1 fully saturated rings. The quantitative estimate of drug-likeness (QED) is 0.944. The molecule has 1 aromatic carbocycles. The van der Waals surface area contributed by atoms with Crippen LogP contribution >= 0.6 is 0 Å².